The predicted molar refractivity (Wildman–Crippen MR) is 67.9 cm³/mol. The lowest BCUT2D eigenvalue weighted by Crippen LogP contribution is -2.35. The molecule has 0 saturated carbocycles. The summed E-state index contributed by atoms with van der Waals surface area (Å²) in [7, 11) is 3.03. The van der Waals surface area contributed by atoms with E-state index >= 15 is 0 Å². The first-order valence-electron chi connectivity index (χ1n) is 5.81. The van der Waals surface area contributed by atoms with Crippen LogP contribution >= 0.6 is 0 Å². The van der Waals surface area contributed by atoms with E-state index < -0.39 is 6.29 Å². The van der Waals surface area contributed by atoms with E-state index in [1.54, 1.807) is 12.3 Å². The normalized spacial score (nSPS) is 11.2. The molecule has 0 unspecified atom stereocenters. The van der Waals surface area contributed by atoms with Gasteiger partial charge in [-0.25, -0.2) is 9.50 Å². The number of carbonyl (C=O) groups is 1. The molecule has 0 radical (unpaired) electrons. The molecule has 7 nitrogen and oxygen atoms in total. The van der Waals surface area contributed by atoms with Crippen LogP contribution in [-0.2, 0) is 9.47 Å². The summed E-state index contributed by atoms with van der Waals surface area (Å²) in [5.41, 5.74) is 1.86. The number of hydrogen-bond acceptors (Lipinski definition) is 5. The van der Waals surface area contributed by atoms with Crippen LogP contribution in [0, 0.1) is 6.92 Å². The molecule has 0 atom stereocenters. The van der Waals surface area contributed by atoms with E-state index in [2.05, 4.69) is 15.4 Å². The largest absolute Gasteiger partial charge is 0.354 e. The van der Waals surface area contributed by atoms with Crippen LogP contribution < -0.4 is 5.32 Å². The lowest BCUT2D eigenvalue weighted by Gasteiger charge is -2.14. The van der Waals surface area contributed by atoms with Crippen LogP contribution in [-0.4, -0.2) is 47.6 Å². The van der Waals surface area contributed by atoms with Crippen LogP contribution in [0.1, 0.15) is 16.2 Å². The van der Waals surface area contributed by atoms with E-state index in [1.807, 2.05) is 13.0 Å². The maximum absolute atomic E-state index is 12.1. The van der Waals surface area contributed by atoms with Gasteiger partial charge in [0.05, 0.1) is 12.2 Å². The first-order chi connectivity index (χ1) is 9.15. The highest BCUT2D eigenvalue weighted by Gasteiger charge is 2.14. The molecule has 19 heavy (non-hydrogen) atoms. The lowest BCUT2D eigenvalue weighted by atomic mass is 10.3. The Morgan fingerprint density at radius 2 is 2.21 bits per heavy atom. The number of hydrogen-bond donors (Lipinski definition) is 1. The summed E-state index contributed by atoms with van der Waals surface area (Å²) in [6.07, 6.45) is 1.11. The van der Waals surface area contributed by atoms with E-state index in [-0.39, 0.29) is 12.5 Å². The highest BCUT2D eigenvalue weighted by Crippen LogP contribution is 2.06. The van der Waals surface area contributed by atoms with Crippen molar-refractivity contribution in [2.24, 2.45) is 0 Å². The van der Waals surface area contributed by atoms with Crippen molar-refractivity contribution in [3.05, 3.63) is 29.7 Å². The van der Waals surface area contributed by atoms with Gasteiger partial charge >= 0.3 is 0 Å². The van der Waals surface area contributed by atoms with E-state index in [1.165, 1.54) is 18.7 Å². The summed E-state index contributed by atoms with van der Waals surface area (Å²) in [5.74, 6) is -0.255. The highest BCUT2D eigenvalue weighted by atomic mass is 16.7. The first kappa shape index (κ1) is 13.4. The number of nitrogens with one attached hydrogen (secondary N) is 1. The Balaban J connectivity index is 2.17. The van der Waals surface area contributed by atoms with Gasteiger partial charge in [-0.15, -0.1) is 0 Å². The van der Waals surface area contributed by atoms with Crippen LogP contribution in [0.4, 0.5) is 0 Å². The van der Waals surface area contributed by atoms with Gasteiger partial charge in [0.2, 0.25) is 0 Å². The van der Waals surface area contributed by atoms with Gasteiger partial charge in [-0.2, -0.15) is 5.10 Å². The fourth-order valence-corrected chi connectivity index (χ4v) is 1.71. The molecule has 0 spiro atoms. The molecule has 1 N–H and O–H groups in total. The van der Waals surface area contributed by atoms with Crippen molar-refractivity contribution in [3.63, 3.8) is 0 Å². The number of nitrogens with zero attached hydrogens (tertiary/aromatic N) is 3. The first-order valence-corrected chi connectivity index (χ1v) is 5.81. The molecule has 0 aliphatic rings. The molecule has 0 aliphatic carbocycles. The third-order valence-corrected chi connectivity index (χ3v) is 2.67. The fourth-order valence-electron chi connectivity index (χ4n) is 1.71. The Bertz CT molecular complexity index is 577. The average Bonchev–Trinajstić information content (AvgIpc) is 2.79. The van der Waals surface area contributed by atoms with Crippen molar-refractivity contribution >= 4 is 11.6 Å². The molecule has 7 heteroatoms. The van der Waals surface area contributed by atoms with Gasteiger partial charge in [-0.05, 0) is 13.0 Å². The molecule has 2 aromatic rings. The summed E-state index contributed by atoms with van der Waals surface area (Å²) in [5, 5.41) is 6.96. The van der Waals surface area contributed by atoms with Gasteiger partial charge < -0.3 is 14.8 Å². The number of methoxy groups -OCH3 is 2. The van der Waals surface area contributed by atoms with Gasteiger partial charge in [0.1, 0.15) is 5.69 Å². The van der Waals surface area contributed by atoms with Crippen molar-refractivity contribution in [1.82, 2.24) is 19.9 Å². The Labute approximate surface area is 110 Å². The molecule has 0 aromatic carbocycles. The number of amides is 1. The van der Waals surface area contributed by atoms with Gasteiger partial charge in [0.25, 0.3) is 5.91 Å². The molecule has 2 rings (SSSR count). The van der Waals surface area contributed by atoms with Crippen LogP contribution in [0.3, 0.4) is 0 Å². The summed E-state index contributed by atoms with van der Waals surface area (Å²) in [4.78, 5) is 16.2. The van der Waals surface area contributed by atoms with Crippen LogP contribution in [0.2, 0.25) is 0 Å². The zero-order valence-corrected chi connectivity index (χ0v) is 11.1. The molecule has 1 amide bonds. The Morgan fingerprint density at radius 3 is 2.89 bits per heavy atom. The topological polar surface area (TPSA) is 77.8 Å². The predicted octanol–water partition coefficient (Wildman–Crippen LogP) is 0.386. The van der Waals surface area contributed by atoms with Crippen molar-refractivity contribution in [2.75, 3.05) is 20.8 Å². The Hall–Kier alpha value is -1.99. The van der Waals surface area contributed by atoms with Crippen molar-refractivity contribution in [2.45, 2.75) is 13.2 Å². The smallest absolute Gasteiger partial charge is 0.270 e. The molecule has 2 aromatic heterocycles. The zero-order chi connectivity index (χ0) is 13.8. The van der Waals surface area contributed by atoms with Gasteiger partial charge in [0, 0.05) is 26.5 Å². The minimum Gasteiger partial charge on any atom is -0.354 e. The van der Waals surface area contributed by atoms with Gasteiger partial charge in [0.15, 0.2) is 11.9 Å². The SMILES string of the molecule is COC(CNC(=O)c1ccnc2cc(C)nn12)OC. The quantitative estimate of drug-likeness (QED) is 0.790. The lowest BCUT2D eigenvalue weighted by molar-refractivity contribution is -0.0974. The van der Waals surface area contributed by atoms with Crippen LogP contribution in [0.25, 0.3) is 5.65 Å². The molecule has 2 heterocycles. The molecular weight excluding hydrogens is 248 g/mol. The van der Waals surface area contributed by atoms with Crippen molar-refractivity contribution in [3.8, 4) is 0 Å². The van der Waals surface area contributed by atoms with E-state index in [0.29, 0.717) is 11.3 Å². The minimum absolute atomic E-state index is 0.255. The van der Waals surface area contributed by atoms with Gasteiger partial charge in [-0.3, -0.25) is 4.79 Å². The van der Waals surface area contributed by atoms with E-state index in [9.17, 15) is 4.79 Å². The second-order valence-electron chi connectivity index (χ2n) is 4.00. The second kappa shape index (κ2) is 5.77. The second-order valence-corrected chi connectivity index (χ2v) is 4.00. The van der Waals surface area contributed by atoms with E-state index in [0.717, 1.165) is 5.69 Å². The summed E-state index contributed by atoms with van der Waals surface area (Å²) < 4.78 is 11.5. The third kappa shape index (κ3) is 2.88. The Morgan fingerprint density at radius 1 is 1.47 bits per heavy atom. The standard InChI is InChI=1S/C12H16N4O3/c1-8-6-10-13-5-4-9(16(10)15-8)12(17)14-7-11(18-2)19-3/h4-6,11H,7H2,1-3H3,(H,14,17). The summed E-state index contributed by atoms with van der Waals surface area (Å²) in [6, 6.07) is 3.42. The van der Waals surface area contributed by atoms with E-state index in [4.69, 9.17) is 9.47 Å². The number of rotatable bonds is 5. The van der Waals surface area contributed by atoms with Crippen molar-refractivity contribution in [1.29, 1.82) is 0 Å². The maximum atomic E-state index is 12.1. The van der Waals surface area contributed by atoms with Crippen molar-refractivity contribution < 1.29 is 14.3 Å². The molecule has 0 saturated heterocycles. The van der Waals surface area contributed by atoms with Gasteiger partial charge in [-0.1, -0.05) is 0 Å². The molecule has 0 bridgehead atoms. The average molecular weight is 264 g/mol. The fraction of sp³-hybridized carbons (Fsp3) is 0.417. The van der Waals surface area contributed by atoms with Crippen LogP contribution in [0.15, 0.2) is 18.3 Å². The van der Waals surface area contributed by atoms with Crippen LogP contribution in [0.5, 0.6) is 0 Å². The Kier molecular flexibility index (Phi) is 4.08. The summed E-state index contributed by atoms with van der Waals surface area (Å²) >= 11 is 0. The zero-order valence-electron chi connectivity index (χ0n) is 11.1. The molecule has 0 fully saturated rings. The number of carbonyl (C=O) groups excluding carboxylic acids is 1. The number of fused-ring (bicyclic) bond motifs is 1. The number of ether oxygens (including phenoxy) is 2. The molecule has 0 aliphatic heterocycles. The number of aromatic nitrogens is 3. The number of aryl methyl sites for hydroxylation is 1. The minimum atomic E-state index is -0.472. The molecular formula is C12H16N4O3. The maximum Gasteiger partial charge on any atom is 0.270 e. The monoisotopic (exact) mass is 264 g/mol. The highest BCUT2D eigenvalue weighted by molar-refractivity contribution is 5.92. The summed E-state index contributed by atoms with van der Waals surface area (Å²) in [6.45, 7) is 2.11. The third-order valence-electron chi connectivity index (χ3n) is 2.67. The molecule has 102 valence electrons.